The van der Waals surface area contributed by atoms with Gasteiger partial charge in [0.05, 0.1) is 23.2 Å². The van der Waals surface area contributed by atoms with Crippen LogP contribution in [0.5, 0.6) is 0 Å². The van der Waals surface area contributed by atoms with E-state index in [4.69, 9.17) is 5.73 Å². The van der Waals surface area contributed by atoms with E-state index in [-0.39, 0.29) is 23.5 Å². The standard InChI is InChI=1S/C30H25F6N6.ClH/c1-2-42-39-27(38-40-42)21-5-3-20(4-6-21)19-41-17-15-24(16-18-41)28(37,22-7-11-25(12-8-22)29(31,32)33)23-9-13-26(14-10-23)30(34,35)36;/h3-18H,2,19,37H2,1H3;1H/q+1;/p-1. The third-order valence-electron chi connectivity index (χ3n) is 6.99. The van der Waals surface area contributed by atoms with E-state index in [1.807, 2.05) is 35.8 Å². The predicted octanol–water partition coefficient (Wildman–Crippen LogP) is 2.99. The molecule has 2 heterocycles. The Morgan fingerprint density at radius 1 is 0.674 bits per heavy atom. The number of aryl methyl sites for hydroxylation is 1. The first-order chi connectivity index (χ1) is 19.9. The normalized spacial score (nSPS) is 12.2. The van der Waals surface area contributed by atoms with Gasteiger partial charge < -0.3 is 18.1 Å². The maximum Gasteiger partial charge on any atom is 0.416 e. The fourth-order valence-corrected chi connectivity index (χ4v) is 4.63. The van der Waals surface area contributed by atoms with Gasteiger partial charge in [0.1, 0.15) is 0 Å². The fourth-order valence-electron chi connectivity index (χ4n) is 4.63. The van der Waals surface area contributed by atoms with Crippen molar-refractivity contribution in [2.45, 2.75) is 37.9 Å². The quantitative estimate of drug-likeness (QED) is 0.225. The van der Waals surface area contributed by atoms with Crippen molar-refractivity contribution in [1.82, 2.24) is 20.2 Å². The Morgan fingerprint density at radius 3 is 1.53 bits per heavy atom. The average Bonchev–Trinajstić information content (AvgIpc) is 3.46. The lowest BCUT2D eigenvalue weighted by Crippen LogP contribution is -3.00. The molecular weight excluding hydrogens is 594 g/mol. The zero-order valence-corrected chi connectivity index (χ0v) is 23.4. The van der Waals surface area contributed by atoms with Crippen molar-refractivity contribution >= 4 is 0 Å². The lowest BCUT2D eigenvalue weighted by molar-refractivity contribution is -0.688. The summed E-state index contributed by atoms with van der Waals surface area (Å²) >= 11 is 0. The number of halogens is 7. The molecule has 0 aliphatic rings. The van der Waals surface area contributed by atoms with Gasteiger partial charge in [0.15, 0.2) is 18.9 Å². The summed E-state index contributed by atoms with van der Waals surface area (Å²) in [6.07, 6.45) is -5.59. The average molecular weight is 619 g/mol. The third kappa shape index (κ3) is 6.70. The number of pyridine rings is 1. The van der Waals surface area contributed by atoms with E-state index in [1.54, 1.807) is 24.5 Å². The molecule has 5 rings (SSSR count). The Hall–Kier alpha value is -4.29. The van der Waals surface area contributed by atoms with Crippen LogP contribution in [0.25, 0.3) is 11.4 Å². The summed E-state index contributed by atoms with van der Waals surface area (Å²) in [5, 5.41) is 12.3. The Balaban J connectivity index is 0.00000423. The lowest BCUT2D eigenvalue weighted by Gasteiger charge is -2.31. The van der Waals surface area contributed by atoms with E-state index in [1.165, 1.54) is 29.1 Å². The van der Waals surface area contributed by atoms with Crippen LogP contribution in [0.2, 0.25) is 0 Å². The number of alkyl halides is 6. The number of nitrogens with zero attached hydrogens (tertiary/aromatic N) is 5. The largest absolute Gasteiger partial charge is 1.00 e. The van der Waals surface area contributed by atoms with E-state index in [0.29, 0.717) is 24.5 Å². The van der Waals surface area contributed by atoms with Crippen LogP contribution in [0.1, 0.15) is 40.3 Å². The van der Waals surface area contributed by atoms with Crippen LogP contribution in [0.4, 0.5) is 26.3 Å². The molecule has 3 aromatic carbocycles. The summed E-state index contributed by atoms with van der Waals surface area (Å²) in [6.45, 7) is 3.02. The Bertz CT molecular complexity index is 1590. The van der Waals surface area contributed by atoms with Gasteiger partial charge in [0.25, 0.3) is 0 Å². The highest BCUT2D eigenvalue weighted by atomic mass is 35.5. The van der Waals surface area contributed by atoms with Crippen LogP contribution in [0.3, 0.4) is 0 Å². The van der Waals surface area contributed by atoms with Crippen LogP contribution in [-0.4, -0.2) is 20.2 Å². The second-order valence-electron chi connectivity index (χ2n) is 9.72. The highest BCUT2D eigenvalue weighted by Gasteiger charge is 2.36. The Kier molecular flexibility index (Phi) is 8.93. The SMILES string of the molecule is CCn1nnc(-c2ccc(C[n+]3ccc(C(N)(c4ccc(C(F)(F)F)cc4)c4ccc(C(F)(F)F)cc4)cc3)cc2)n1.[Cl-]. The minimum absolute atomic E-state index is 0. The molecule has 13 heteroatoms. The van der Waals surface area contributed by atoms with Gasteiger partial charge in [-0.15, -0.1) is 10.2 Å². The monoisotopic (exact) mass is 618 g/mol. The van der Waals surface area contributed by atoms with Gasteiger partial charge in [0, 0.05) is 23.3 Å². The molecule has 0 spiro atoms. The summed E-state index contributed by atoms with van der Waals surface area (Å²) in [6, 6.07) is 19.7. The van der Waals surface area contributed by atoms with Crippen LogP contribution < -0.4 is 22.7 Å². The van der Waals surface area contributed by atoms with Crippen molar-refractivity contribution in [1.29, 1.82) is 0 Å². The van der Waals surface area contributed by atoms with Crippen LogP contribution in [0.15, 0.2) is 97.3 Å². The summed E-state index contributed by atoms with van der Waals surface area (Å²) in [7, 11) is 0. The van der Waals surface area contributed by atoms with Crippen molar-refractivity contribution in [3.63, 3.8) is 0 Å². The zero-order chi connectivity index (χ0) is 30.1. The van der Waals surface area contributed by atoms with Crippen molar-refractivity contribution in [3.05, 3.63) is 131 Å². The van der Waals surface area contributed by atoms with Crippen LogP contribution >= 0.6 is 0 Å². The number of hydrogen-bond donors (Lipinski definition) is 1. The number of nitrogens with two attached hydrogens (primary N) is 1. The number of aromatic nitrogens is 5. The maximum absolute atomic E-state index is 13.2. The molecule has 224 valence electrons. The van der Waals surface area contributed by atoms with Crippen molar-refractivity contribution < 1.29 is 43.3 Å². The summed E-state index contributed by atoms with van der Waals surface area (Å²) in [5.41, 5.74) is 6.49. The van der Waals surface area contributed by atoms with Crippen molar-refractivity contribution in [2.24, 2.45) is 5.73 Å². The molecule has 2 N–H and O–H groups in total. The molecule has 0 aliphatic heterocycles. The third-order valence-corrected chi connectivity index (χ3v) is 6.99. The van der Waals surface area contributed by atoms with Crippen molar-refractivity contribution in [3.8, 4) is 11.4 Å². The van der Waals surface area contributed by atoms with Crippen LogP contribution in [0, 0.1) is 0 Å². The first kappa shape index (κ1) is 31.6. The fraction of sp³-hybridized carbons (Fsp3) is 0.200. The molecule has 0 aliphatic carbocycles. The number of benzene rings is 3. The first-order valence-corrected chi connectivity index (χ1v) is 12.9. The number of tetrazole rings is 1. The summed E-state index contributed by atoms with van der Waals surface area (Å²) in [4.78, 5) is 1.49. The smallest absolute Gasteiger partial charge is 0.416 e. The molecule has 0 saturated heterocycles. The topological polar surface area (TPSA) is 73.5 Å². The maximum atomic E-state index is 13.2. The van der Waals surface area contributed by atoms with E-state index in [2.05, 4.69) is 15.4 Å². The Labute approximate surface area is 249 Å². The van der Waals surface area contributed by atoms with Gasteiger partial charge in [-0.25, -0.2) is 4.57 Å². The lowest BCUT2D eigenvalue weighted by atomic mass is 9.78. The highest BCUT2D eigenvalue weighted by molar-refractivity contribution is 5.54. The molecule has 0 fully saturated rings. The van der Waals surface area contributed by atoms with Gasteiger partial charge in [-0.05, 0) is 53.1 Å². The number of hydrogen-bond acceptors (Lipinski definition) is 4. The molecule has 0 unspecified atom stereocenters. The highest BCUT2D eigenvalue weighted by Crippen LogP contribution is 2.38. The van der Waals surface area contributed by atoms with Crippen molar-refractivity contribution in [2.75, 3.05) is 0 Å². The molecule has 0 amide bonds. The molecule has 0 saturated carbocycles. The van der Waals surface area contributed by atoms with Gasteiger partial charge in [-0.1, -0.05) is 48.5 Å². The minimum atomic E-state index is -4.55. The van der Waals surface area contributed by atoms with Gasteiger partial charge in [-0.2, -0.15) is 31.1 Å². The first-order valence-electron chi connectivity index (χ1n) is 12.9. The molecule has 0 radical (unpaired) electrons. The summed E-state index contributed by atoms with van der Waals surface area (Å²) < 4.78 is 81.2. The van der Waals surface area contributed by atoms with E-state index >= 15 is 0 Å². The van der Waals surface area contributed by atoms with E-state index in [9.17, 15) is 26.3 Å². The molecule has 0 bridgehead atoms. The predicted molar refractivity (Wildman–Crippen MR) is 142 cm³/mol. The molecule has 2 aromatic heterocycles. The van der Waals surface area contributed by atoms with E-state index < -0.39 is 29.0 Å². The van der Waals surface area contributed by atoms with Gasteiger partial charge >= 0.3 is 12.4 Å². The molecule has 5 aromatic rings. The minimum Gasteiger partial charge on any atom is -1.00 e. The van der Waals surface area contributed by atoms with Gasteiger partial charge in [0.2, 0.25) is 5.82 Å². The number of rotatable bonds is 7. The second kappa shape index (κ2) is 12.1. The summed E-state index contributed by atoms with van der Waals surface area (Å²) in [5.74, 6) is 0.520. The zero-order valence-electron chi connectivity index (χ0n) is 22.6. The molecule has 43 heavy (non-hydrogen) atoms. The molecule has 0 atom stereocenters. The second-order valence-corrected chi connectivity index (χ2v) is 9.72. The van der Waals surface area contributed by atoms with Gasteiger partial charge in [-0.3, -0.25) is 0 Å². The van der Waals surface area contributed by atoms with Crippen LogP contribution in [-0.2, 0) is 31.0 Å². The molecular formula is C30H25ClF6N6. The van der Waals surface area contributed by atoms with E-state index in [0.717, 1.165) is 35.4 Å². The Morgan fingerprint density at radius 2 is 1.12 bits per heavy atom. The molecule has 6 nitrogen and oxygen atoms in total.